The molecule has 4 fully saturated rings. The second-order valence-electron chi connectivity index (χ2n) is 14.1. The second kappa shape index (κ2) is 8.15. The van der Waals surface area contributed by atoms with Crippen molar-refractivity contribution in [1.29, 1.82) is 0 Å². The first-order valence-electron chi connectivity index (χ1n) is 13.6. The number of rotatable bonds is 5. The Bertz CT molecular complexity index is 794. The molecule has 0 aromatic heterocycles. The fourth-order valence-corrected chi connectivity index (χ4v) is 9.49. The highest BCUT2D eigenvalue weighted by molar-refractivity contribution is 5.86. The van der Waals surface area contributed by atoms with E-state index in [9.17, 15) is 19.8 Å². The summed E-state index contributed by atoms with van der Waals surface area (Å²) < 4.78 is 0. The average Bonchev–Trinajstić information content (AvgIpc) is 3.17. The van der Waals surface area contributed by atoms with Gasteiger partial charge in [-0.3, -0.25) is 9.59 Å². The van der Waals surface area contributed by atoms with E-state index in [1.54, 1.807) is 13.8 Å². The second-order valence-corrected chi connectivity index (χ2v) is 14.1. The van der Waals surface area contributed by atoms with Gasteiger partial charge < -0.3 is 10.2 Å². The van der Waals surface area contributed by atoms with Crippen LogP contribution < -0.4 is 0 Å². The molecule has 0 saturated heterocycles. The van der Waals surface area contributed by atoms with Crippen molar-refractivity contribution in [2.75, 3.05) is 0 Å². The van der Waals surface area contributed by atoms with E-state index in [-0.39, 0.29) is 22.2 Å². The number of ketones is 2. The Morgan fingerprint density at radius 2 is 1.64 bits per heavy atom. The zero-order valence-electron chi connectivity index (χ0n) is 22.1. The van der Waals surface area contributed by atoms with Gasteiger partial charge in [0.15, 0.2) is 0 Å². The summed E-state index contributed by atoms with van der Waals surface area (Å²) in [4.78, 5) is 26.6. The summed E-state index contributed by atoms with van der Waals surface area (Å²) in [6.45, 7) is 14.8. The normalized spacial score (nSPS) is 44.6. The summed E-state index contributed by atoms with van der Waals surface area (Å²) >= 11 is 0. The number of hydrogen-bond donors (Lipinski definition) is 2. The van der Waals surface area contributed by atoms with Crippen LogP contribution in [0, 0.1) is 51.8 Å². The van der Waals surface area contributed by atoms with Crippen LogP contribution in [-0.4, -0.2) is 33.5 Å². The summed E-state index contributed by atoms with van der Waals surface area (Å²) in [7, 11) is 0. The first kappa shape index (κ1) is 25.4. The standard InChI is InChI=1S/C29H48O4/c1-17(8-11-24(32)27(4,5)33)18-9-10-19-25(18)20(30)16-22-28(19,6)14-12-21-26(2,3)23(31)13-15-29(21,22)7/h17-19,21-22,24-25,32-33H,8-16H2,1-7H3/t17?,18?,19?,21?,22?,24?,25?,28-,29-/m0/s1. The van der Waals surface area contributed by atoms with Crippen LogP contribution in [0.5, 0.6) is 0 Å². The third kappa shape index (κ3) is 3.86. The smallest absolute Gasteiger partial charge is 0.138 e. The molecule has 0 amide bonds. The van der Waals surface area contributed by atoms with Crippen LogP contribution in [0.2, 0.25) is 0 Å². The Balaban J connectivity index is 1.55. The van der Waals surface area contributed by atoms with E-state index in [0.717, 1.165) is 38.5 Å². The van der Waals surface area contributed by atoms with E-state index in [1.165, 1.54) is 0 Å². The minimum Gasteiger partial charge on any atom is -0.390 e. The SMILES string of the molecule is CC(CCC(O)C(C)(C)O)C1CCC2C1C(=O)CC1[C@@]2(C)CCC2C(C)(C)C(=O)CC[C@@]21C. The van der Waals surface area contributed by atoms with Crippen LogP contribution in [0.15, 0.2) is 0 Å². The lowest BCUT2D eigenvalue weighted by molar-refractivity contribution is -0.183. The van der Waals surface area contributed by atoms with Crippen molar-refractivity contribution < 1.29 is 19.8 Å². The maximum atomic E-state index is 13.8. The van der Waals surface area contributed by atoms with Crippen LogP contribution in [0.4, 0.5) is 0 Å². The molecule has 0 aliphatic heterocycles. The van der Waals surface area contributed by atoms with Gasteiger partial charge in [-0.05, 0) is 99.2 Å². The van der Waals surface area contributed by atoms with Crippen molar-refractivity contribution in [3.8, 4) is 0 Å². The fourth-order valence-electron chi connectivity index (χ4n) is 9.49. The van der Waals surface area contributed by atoms with Gasteiger partial charge in [0.25, 0.3) is 0 Å². The van der Waals surface area contributed by atoms with Crippen LogP contribution in [0.1, 0.15) is 106 Å². The Morgan fingerprint density at radius 3 is 2.27 bits per heavy atom. The van der Waals surface area contributed by atoms with Gasteiger partial charge in [-0.25, -0.2) is 0 Å². The van der Waals surface area contributed by atoms with Gasteiger partial charge in [0, 0.05) is 24.2 Å². The third-order valence-electron chi connectivity index (χ3n) is 11.6. The van der Waals surface area contributed by atoms with Crippen LogP contribution in [0.25, 0.3) is 0 Å². The van der Waals surface area contributed by atoms with Crippen LogP contribution >= 0.6 is 0 Å². The van der Waals surface area contributed by atoms with Crippen molar-refractivity contribution in [2.24, 2.45) is 51.8 Å². The molecule has 0 aromatic rings. The van der Waals surface area contributed by atoms with E-state index in [4.69, 9.17) is 0 Å². The highest BCUT2D eigenvalue weighted by Gasteiger charge is 2.66. The number of aliphatic hydroxyl groups is 2. The van der Waals surface area contributed by atoms with Crippen molar-refractivity contribution in [3.05, 3.63) is 0 Å². The van der Waals surface area contributed by atoms with Crippen molar-refractivity contribution >= 4 is 11.6 Å². The van der Waals surface area contributed by atoms with Gasteiger partial charge in [0.2, 0.25) is 0 Å². The van der Waals surface area contributed by atoms with E-state index in [0.29, 0.717) is 60.4 Å². The van der Waals surface area contributed by atoms with Crippen molar-refractivity contribution in [1.82, 2.24) is 0 Å². The number of hydrogen-bond acceptors (Lipinski definition) is 4. The Morgan fingerprint density at radius 1 is 0.970 bits per heavy atom. The molecule has 4 saturated carbocycles. The molecule has 9 atom stereocenters. The van der Waals surface area contributed by atoms with E-state index in [2.05, 4.69) is 34.6 Å². The molecule has 4 aliphatic carbocycles. The molecule has 0 heterocycles. The molecule has 4 rings (SSSR count). The highest BCUT2D eigenvalue weighted by atomic mass is 16.3. The topological polar surface area (TPSA) is 74.6 Å². The number of fused-ring (bicyclic) bond motifs is 5. The van der Waals surface area contributed by atoms with Gasteiger partial charge in [0.05, 0.1) is 11.7 Å². The summed E-state index contributed by atoms with van der Waals surface area (Å²) in [6, 6.07) is 0. The maximum absolute atomic E-state index is 13.8. The van der Waals surface area contributed by atoms with E-state index in [1.807, 2.05) is 0 Å². The summed E-state index contributed by atoms with van der Waals surface area (Å²) in [5, 5.41) is 20.4. The molecule has 4 heteroatoms. The Kier molecular flexibility index (Phi) is 6.26. The molecule has 0 spiro atoms. The van der Waals surface area contributed by atoms with Gasteiger partial charge in [0.1, 0.15) is 11.6 Å². The minimum atomic E-state index is -1.08. The summed E-state index contributed by atoms with van der Waals surface area (Å²) in [6.07, 6.45) is 7.48. The average molecular weight is 461 g/mol. The van der Waals surface area contributed by atoms with Crippen molar-refractivity contribution in [2.45, 2.75) is 118 Å². The molecule has 0 bridgehead atoms. The van der Waals surface area contributed by atoms with E-state index >= 15 is 0 Å². The van der Waals surface area contributed by atoms with E-state index < -0.39 is 11.7 Å². The Labute approximate surface area is 201 Å². The lowest BCUT2D eigenvalue weighted by Gasteiger charge is -2.65. The fraction of sp³-hybridized carbons (Fsp3) is 0.931. The van der Waals surface area contributed by atoms with Crippen molar-refractivity contribution in [3.63, 3.8) is 0 Å². The monoisotopic (exact) mass is 460 g/mol. The molecule has 4 nitrogen and oxygen atoms in total. The molecule has 33 heavy (non-hydrogen) atoms. The molecule has 7 unspecified atom stereocenters. The Hall–Kier alpha value is -0.740. The van der Waals surface area contributed by atoms with Crippen LogP contribution in [0.3, 0.4) is 0 Å². The molecule has 4 aliphatic rings. The number of carbonyl (C=O) groups excluding carboxylic acids is 2. The summed E-state index contributed by atoms with van der Waals surface area (Å²) in [5.41, 5.74) is -1.10. The lowest BCUT2D eigenvalue weighted by Crippen LogP contribution is -2.62. The molecule has 0 aromatic carbocycles. The largest absolute Gasteiger partial charge is 0.390 e. The number of Topliss-reactive ketones (excluding diaryl/α,β-unsaturated/α-hetero) is 2. The zero-order chi connectivity index (χ0) is 24.6. The van der Waals surface area contributed by atoms with Gasteiger partial charge >= 0.3 is 0 Å². The summed E-state index contributed by atoms with van der Waals surface area (Å²) in [5.74, 6) is 3.02. The lowest BCUT2D eigenvalue weighted by atomic mass is 9.38. The molecule has 188 valence electrons. The van der Waals surface area contributed by atoms with Crippen LogP contribution in [-0.2, 0) is 9.59 Å². The first-order chi connectivity index (χ1) is 15.1. The molecular formula is C29H48O4. The van der Waals surface area contributed by atoms with Gasteiger partial charge in [-0.2, -0.15) is 0 Å². The molecular weight excluding hydrogens is 412 g/mol. The molecule has 0 radical (unpaired) electrons. The predicted octanol–water partition coefficient (Wildman–Crippen LogP) is 5.58. The zero-order valence-corrected chi connectivity index (χ0v) is 22.1. The van der Waals surface area contributed by atoms with Gasteiger partial charge in [-0.1, -0.05) is 34.6 Å². The number of carbonyl (C=O) groups is 2. The van der Waals surface area contributed by atoms with Gasteiger partial charge in [-0.15, -0.1) is 0 Å². The minimum absolute atomic E-state index is 0.0750. The molecule has 2 N–H and O–H groups in total. The first-order valence-corrected chi connectivity index (χ1v) is 13.6. The number of aliphatic hydroxyl groups excluding tert-OH is 1. The quantitative estimate of drug-likeness (QED) is 0.562. The highest BCUT2D eigenvalue weighted by Crippen LogP contribution is 2.70. The third-order valence-corrected chi connectivity index (χ3v) is 11.6. The predicted molar refractivity (Wildman–Crippen MR) is 130 cm³/mol. The maximum Gasteiger partial charge on any atom is 0.138 e.